The molecule has 10 heteroatoms. The second kappa shape index (κ2) is 40.2. The number of unbranched alkanes of at least 4 members (excludes halogenated alkanes) is 24. The molecule has 0 aliphatic heterocycles. The predicted octanol–water partition coefficient (Wildman–Crippen LogP) is 12.4. The average Bonchev–Trinajstić information content (AvgIpc) is 3.14. The smallest absolute Gasteiger partial charge is 0.462 e. The van der Waals surface area contributed by atoms with Gasteiger partial charge in [-0.2, -0.15) is 0 Å². The van der Waals surface area contributed by atoms with Crippen LogP contribution in [0, 0.1) is 0 Å². The molecule has 0 fully saturated rings. The molecule has 53 heavy (non-hydrogen) atoms. The number of ether oxygens (including phenoxy) is 2. The molecule has 3 N–H and O–H groups in total. The Hall–Kier alpha value is -1.51. The molecule has 0 spiro atoms. The number of allylic oxidation sites excluding steroid dienone is 4. The zero-order chi connectivity index (χ0) is 38.9. The summed E-state index contributed by atoms with van der Waals surface area (Å²) in [6, 6.07) is 0. The number of nitrogens with two attached hydrogens (primary N) is 1. The molecule has 0 amide bonds. The molecule has 312 valence electrons. The van der Waals surface area contributed by atoms with Crippen LogP contribution in [0.3, 0.4) is 0 Å². The highest BCUT2D eigenvalue weighted by molar-refractivity contribution is 7.47. The molecule has 2 atom stereocenters. The molecule has 9 nitrogen and oxygen atoms in total. The quantitative estimate of drug-likeness (QED) is 0.0269. The van der Waals surface area contributed by atoms with Crippen LogP contribution in [0.25, 0.3) is 0 Å². The molecule has 0 aliphatic rings. The molecule has 0 aromatic carbocycles. The Morgan fingerprint density at radius 2 is 0.925 bits per heavy atom. The van der Waals surface area contributed by atoms with Crippen LogP contribution in [-0.4, -0.2) is 49.3 Å². The predicted molar refractivity (Wildman–Crippen MR) is 220 cm³/mol. The summed E-state index contributed by atoms with van der Waals surface area (Å²) in [5.74, 6) is -0.834. The van der Waals surface area contributed by atoms with Crippen LogP contribution >= 0.6 is 7.82 Å². The first kappa shape index (κ1) is 51.5. The van der Waals surface area contributed by atoms with E-state index in [4.69, 9.17) is 24.3 Å². The number of esters is 2. The van der Waals surface area contributed by atoms with E-state index < -0.39 is 26.5 Å². The van der Waals surface area contributed by atoms with E-state index in [9.17, 15) is 19.0 Å². The van der Waals surface area contributed by atoms with Gasteiger partial charge in [-0.05, 0) is 64.2 Å². The van der Waals surface area contributed by atoms with Gasteiger partial charge in [0.1, 0.15) is 6.61 Å². The molecule has 0 radical (unpaired) electrons. The molecule has 0 saturated heterocycles. The first-order chi connectivity index (χ1) is 25.8. The van der Waals surface area contributed by atoms with Crippen LogP contribution in [-0.2, 0) is 32.7 Å². The summed E-state index contributed by atoms with van der Waals surface area (Å²) >= 11 is 0. The summed E-state index contributed by atoms with van der Waals surface area (Å²) in [7, 11) is -4.37. The highest BCUT2D eigenvalue weighted by atomic mass is 31.2. The van der Waals surface area contributed by atoms with E-state index in [2.05, 4.69) is 38.2 Å². The number of phosphoric ester groups is 1. The van der Waals surface area contributed by atoms with Crippen molar-refractivity contribution in [2.24, 2.45) is 5.73 Å². The Bertz CT molecular complexity index is 928. The van der Waals surface area contributed by atoms with Crippen LogP contribution < -0.4 is 5.73 Å². The lowest BCUT2D eigenvalue weighted by molar-refractivity contribution is -0.161. The van der Waals surface area contributed by atoms with Crippen molar-refractivity contribution in [3.63, 3.8) is 0 Å². The third kappa shape index (κ3) is 40.0. The van der Waals surface area contributed by atoms with E-state index in [1.165, 1.54) is 116 Å². The van der Waals surface area contributed by atoms with Gasteiger partial charge in [0.05, 0.1) is 13.2 Å². The Balaban J connectivity index is 4.14. The highest BCUT2D eigenvalue weighted by Crippen LogP contribution is 2.43. The molecule has 0 aliphatic carbocycles. The Labute approximate surface area is 325 Å². The van der Waals surface area contributed by atoms with E-state index in [-0.39, 0.29) is 38.6 Å². The lowest BCUT2D eigenvalue weighted by Gasteiger charge is -2.19. The minimum absolute atomic E-state index is 0.0531. The SMILES string of the molecule is CCCCCC/C=C/CCCCCCCCCC(=O)O[C@H](COC(=O)CCCCCCCCC/C=C/CCCCCCCC)COP(=O)(O)OCCN. The first-order valence-corrected chi connectivity index (χ1v) is 23.3. The Morgan fingerprint density at radius 3 is 1.36 bits per heavy atom. The maximum absolute atomic E-state index is 12.6. The van der Waals surface area contributed by atoms with Crippen molar-refractivity contribution in [2.75, 3.05) is 26.4 Å². The van der Waals surface area contributed by atoms with Crippen LogP contribution in [0.1, 0.15) is 206 Å². The number of carbonyl (C=O) groups is 2. The van der Waals surface area contributed by atoms with E-state index in [0.717, 1.165) is 57.8 Å². The van der Waals surface area contributed by atoms with E-state index in [1.807, 2.05) is 0 Å². The molecule has 0 aromatic rings. The van der Waals surface area contributed by atoms with Gasteiger partial charge in [-0.3, -0.25) is 18.6 Å². The second-order valence-electron chi connectivity index (χ2n) is 14.6. The van der Waals surface area contributed by atoms with Gasteiger partial charge in [-0.1, -0.05) is 154 Å². The van der Waals surface area contributed by atoms with Crippen molar-refractivity contribution in [2.45, 2.75) is 213 Å². The average molecular weight is 772 g/mol. The molecule has 1 unspecified atom stereocenters. The van der Waals surface area contributed by atoms with Crippen molar-refractivity contribution in [1.29, 1.82) is 0 Å². The topological polar surface area (TPSA) is 134 Å². The van der Waals surface area contributed by atoms with Gasteiger partial charge in [0, 0.05) is 19.4 Å². The fourth-order valence-corrected chi connectivity index (χ4v) is 6.80. The molecule has 0 bridgehead atoms. The summed E-state index contributed by atoms with van der Waals surface area (Å²) in [5.41, 5.74) is 5.35. The van der Waals surface area contributed by atoms with Gasteiger partial charge in [0.15, 0.2) is 6.10 Å². The third-order valence-corrected chi connectivity index (χ3v) is 10.3. The summed E-state index contributed by atoms with van der Waals surface area (Å²) in [5, 5.41) is 0. The summed E-state index contributed by atoms with van der Waals surface area (Å²) in [6.07, 6.45) is 42.0. The van der Waals surface area contributed by atoms with Crippen molar-refractivity contribution in [3.05, 3.63) is 24.3 Å². The normalized spacial score (nSPS) is 13.5. The van der Waals surface area contributed by atoms with Crippen molar-refractivity contribution in [1.82, 2.24) is 0 Å². The zero-order valence-electron chi connectivity index (χ0n) is 34.3. The molecule has 0 heterocycles. The number of hydrogen-bond donors (Lipinski definition) is 2. The maximum atomic E-state index is 12.6. The lowest BCUT2D eigenvalue weighted by atomic mass is 10.1. The fraction of sp³-hybridized carbons (Fsp3) is 0.860. The Morgan fingerprint density at radius 1 is 0.547 bits per heavy atom. The monoisotopic (exact) mass is 772 g/mol. The van der Waals surface area contributed by atoms with E-state index >= 15 is 0 Å². The minimum Gasteiger partial charge on any atom is -0.462 e. The largest absolute Gasteiger partial charge is 0.472 e. The van der Waals surface area contributed by atoms with Gasteiger partial charge in [-0.25, -0.2) is 4.57 Å². The summed E-state index contributed by atoms with van der Waals surface area (Å²) in [6.45, 7) is 3.72. The fourth-order valence-electron chi connectivity index (χ4n) is 6.04. The summed E-state index contributed by atoms with van der Waals surface area (Å²) < 4.78 is 32.8. The molecule has 0 aromatic heterocycles. The van der Waals surface area contributed by atoms with Gasteiger partial charge >= 0.3 is 19.8 Å². The van der Waals surface area contributed by atoms with E-state index in [0.29, 0.717) is 6.42 Å². The van der Waals surface area contributed by atoms with Gasteiger partial charge in [-0.15, -0.1) is 0 Å². The van der Waals surface area contributed by atoms with Gasteiger partial charge < -0.3 is 20.1 Å². The number of phosphoric acid groups is 1. The minimum atomic E-state index is -4.37. The lowest BCUT2D eigenvalue weighted by Crippen LogP contribution is -2.29. The zero-order valence-corrected chi connectivity index (χ0v) is 35.2. The van der Waals surface area contributed by atoms with Crippen molar-refractivity contribution >= 4 is 19.8 Å². The van der Waals surface area contributed by atoms with Crippen LogP contribution in [0.4, 0.5) is 0 Å². The highest BCUT2D eigenvalue weighted by Gasteiger charge is 2.26. The molecular formula is C43H82NO8P. The third-order valence-electron chi connectivity index (χ3n) is 9.31. The number of hydrogen-bond acceptors (Lipinski definition) is 8. The van der Waals surface area contributed by atoms with Gasteiger partial charge in [0.2, 0.25) is 0 Å². The Kier molecular flexibility index (Phi) is 39.0. The van der Waals surface area contributed by atoms with Crippen molar-refractivity contribution < 1.29 is 37.6 Å². The van der Waals surface area contributed by atoms with Crippen molar-refractivity contribution in [3.8, 4) is 0 Å². The second-order valence-corrected chi connectivity index (χ2v) is 16.0. The van der Waals surface area contributed by atoms with Gasteiger partial charge in [0.25, 0.3) is 0 Å². The van der Waals surface area contributed by atoms with Crippen LogP contribution in [0.5, 0.6) is 0 Å². The summed E-state index contributed by atoms with van der Waals surface area (Å²) in [4.78, 5) is 34.9. The first-order valence-electron chi connectivity index (χ1n) is 21.8. The van der Waals surface area contributed by atoms with E-state index in [1.54, 1.807) is 0 Å². The van der Waals surface area contributed by atoms with Crippen LogP contribution in [0.15, 0.2) is 24.3 Å². The molecule has 0 saturated carbocycles. The number of rotatable bonds is 41. The maximum Gasteiger partial charge on any atom is 0.472 e. The number of carbonyl (C=O) groups excluding carboxylic acids is 2. The molecular weight excluding hydrogens is 689 g/mol. The van der Waals surface area contributed by atoms with Crippen LogP contribution in [0.2, 0.25) is 0 Å². The standard InChI is InChI=1S/C43H82NO8P/c1-3-5-7-9-11-13-15-17-19-20-22-23-25-27-29-31-33-35-42(45)49-39-41(40-51-53(47,48)50-38-37-44)52-43(46)36-34-32-30-28-26-24-21-18-16-14-12-10-8-6-4-2/h14,16-17,19,41H,3-13,15,18,20-40,44H2,1-2H3,(H,47,48)/b16-14+,19-17+/t41-/m1/s1. The molecule has 0 rings (SSSR count).